The molecule has 0 spiro atoms. The van der Waals surface area contributed by atoms with Crippen LogP contribution in [-0.4, -0.2) is 0 Å². The highest BCUT2D eigenvalue weighted by atomic mass is 79.9. The van der Waals surface area contributed by atoms with Crippen LogP contribution in [0.15, 0.2) is 34.8 Å². The number of halogens is 5. The minimum Gasteiger partial charge on any atom is -0.166 e. The molecule has 1 aromatic heterocycles. The van der Waals surface area contributed by atoms with E-state index in [9.17, 15) is 13.2 Å². The summed E-state index contributed by atoms with van der Waals surface area (Å²) in [5.41, 5.74) is -0.370. The molecule has 2 aromatic rings. The molecular weight excluding hydrogens is 417 g/mol. The molecule has 1 aromatic carbocycles. The van der Waals surface area contributed by atoms with Gasteiger partial charge in [0.25, 0.3) is 0 Å². The summed E-state index contributed by atoms with van der Waals surface area (Å²) in [6, 6.07) is 8.11. The van der Waals surface area contributed by atoms with Gasteiger partial charge in [-0.1, -0.05) is 44.8 Å². The van der Waals surface area contributed by atoms with E-state index in [1.165, 1.54) is 17.4 Å². The van der Waals surface area contributed by atoms with E-state index in [4.69, 9.17) is 0 Å². The third kappa shape index (κ3) is 3.46. The zero-order valence-electron chi connectivity index (χ0n) is 10.5. The van der Waals surface area contributed by atoms with Gasteiger partial charge in [0, 0.05) is 14.2 Å². The summed E-state index contributed by atoms with van der Waals surface area (Å²) in [5.74, 6) is 0. The Labute approximate surface area is 136 Å². The van der Waals surface area contributed by atoms with Crippen LogP contribution in [0.5, 0.6) is 0 Å². The van der Waals surface area contributed by atoms with Gasteiger partial charge in [-0.25, -0.2) is 0 Å². The molecule has 0 nitrogen and oxygen atoms in total. The zero-order valence-corrected chi connectivity index (χ0v) is 14.5. The molecule has 108 valence electrons. The highest BCUT2D eigenvalue weighted by Crippen LogP contribution is 2.43. The highest BCUT2D eigenvalue weighted by Gasteiger charge is 2.35. The summed E-state index contributed by atoms with van der Waals surface area (Å²) in [5, 5.41) is 0. The third-order valence-electron chi connectivity index (χ3n) is 2.87. The number of rotatable bonds is 3. The van der Waals surface area contributed by atoms with E-state index < -0.39 is 16.6 Å². The average molecular weight is 428 g/mol. The fourth-order valence-corrected chi connectivity index (χ4v) is 4.01. The van der Waals surface area contributed by atoms with Crippen LogP contribution < -0.4 is 0 Å². The lowest BCUT2D eigenvalue weighted by molar-refractivity contribution is -0.138. The molecule has 0 radical (unpaired) electrons. The molecule has 0 saturated carbocycles. The van der Waals surface area contributed by atoms with Crippen LogP contribution in [0.4, 0.5) is 13.2 Å². The van der Waals surface area contributed by atoms with Gasteiger partial charge in [-0.3, -0.25) is 0 Å². The lowest BCUT2D eigenvalue weighted by Gasteiger charge is -2.16. The highest BCUT2D eigenvalue weighted by molar-refractivity contribution is 9.10. The molecule has 1 unspecified atom stereocenters. The summed E-state index contributed by atoms with van der Waals surface area (Å²) in [4.78, 5) is 1.60. The Morgan fingerprint density at radius 3 is 2.45 bits per heavy atom. The molecule has 6 heteroatoms. The first-order valence-electron chi connectivity index (χ1n) is 5.92. The van der Waals surface area contributed by atoms with E-state index in [0.29, 0.717) is 4.47 Å². The Morgan fingerprint density at radius 1 is 1.20 bits per heavy atom. The molecule has 0 aliphatic heterocycles. The minimum atomic E-state index is -4.37. The second-order valence-corrected chi connectivity index (χ2v) is 7.28. The Morgan fingerprint density at radius 2 is 1.90 bits per heavy atom. The largest absolute Gasteiger partial charge is 0.416 e. The van der Waals surface area contributed by atoms with E-state index >= 15 is 0 Å². The van der Waals surface area contributed by atoms with Crippen molar-refractivity contribution in [3.05, 3.63) is 55.7 Å². The van der Waals surface area contributed by atoms with Crippen molar-refractivity contribution in [2.45, 2.75) is 24.3 Å². The van der Waals surface area contributed by atoms with E-state index in [1.54, 1.807) is 6.07 Å². The van der Waals surface area contributed by atoms with Gasteiger partial charge < -0.3 is 0 Å². The van der Waals surface area contributed by atoms with Gasteiger partial charge in [-0.2, -0.15) is 13.2 Å². The van der Waals surface area contributed by atoms with Crippen molar-refractivity contribution in [2.24, 2.45) is 0 Å². The van der Waals surface area contributed by atoms with Crippen LogP contribution in [0.1, 0.15) is 32.6 Å². The van der Waals surface area contributed by atoms with Gasteiger partial charge in [0.15, 0.2) is 0 Å². The van der Waals surface area contributed by atoms with Crippen LogP contribution in [0.25, 0.3) is 0 Å². The number of hydrogen-bond donors (Lipinski definition) is 0. The molecule has 0 aliphatic rings. The summed E-state index contributed by atoms with van der Waals surface area (Å²) < 4.78 is 39.8. The molecule has 0 aliphatic carbocycles. The van der Waals surface area contributed by atoms with Crippen LogP contribution in [0.2, 0.25) is 0 Å². The molecule has 0 amide bonds. The molecule has 0 bridgehead atoms. The first-order valence-corrected chi connectivity index (χ1v) is 8.44. The van der Waals surface area contributed by atoms with E-state index in [-0.39, 0.29) is 5.56 Å². The second kappa shape index (κ2) is 6.20. The summed E-state index contributed by atoms with van der Waals surface area (Å²) in [6.45, 7) is 2.03. The lowest BCUT2D eigenvalue weighted by Crippen LogP contribution is -2.10. The average Bonchev–Trinajstić information content (AvgIpc) is 2.85. The first-order chi connectivity index (χ1) is 9.32. The van der Waals surface area contributed by atoms with Crippen molar-refractivity contribution in [2.75, 3.05) is 0 Å². The second-order valence-electron chi connectivity index (χ2n) is 4.25. The van der Waals surface area contributed by atoms with E-state index in [1.807, 2.05) is 19.1 Å². The molecule has 1 atom stereocenters. The Balaban J connectivity index is 2.46. The Hall–Kier alpha value is -0.330. The van der Waals surface area contributed by atoms with Crippen LogP contribution >= 0.6 is 43.2 Å². The SMILES string of the molecule is CCc1ccc(C(Br)c2ccc(Br)cc2C(F)(F)F)s1. The maximum Gasteiger partial charge on any atom is 0.416 e. The normalized spacial score (nSPS) is 13.5. The number of alkyl halides is 4. The van der Waals surface area contributed by atoms with Gasteiger partial charge >= 0.3 is 6.18 Å². The fraction of sp³-hybridized carbons (Fsp3) is 0.286. The molecule has 0 saturated heterocycles. The predicted octanol–water partition coefficient (Wildman–Crippen LogP) is 6.58. The quantitative estimate of drug-likeness (QED) is 0.485. The van der Waals surface area contributed by atoms with Gasteiger partial charge in [0.05, 0.1) is 10.4 Å². The van der Waals surface area contributed by atoms with Crippen molar-refractivity contribution in [1.82, 2.24) is 0 Å². The monoisotopic (exact) mass is 426 g/mol. The molecule has 1 heterocycles. The summed E-state index contributed by atoms with van der Waals surface area (Å²) in [6.07, 6.45) is -3.48. The van der Waals surface area contributed by atoms with Crippen molar-refractivity contribution in [1.29, 1.82) is 0 Å². The number of thiophene rings is 1. The Kier molecular flexibility index (Phi) is 4.97. The predicted molar refractivity (Wildman–Crippen MR) is 83.6 cm³/mol. The third-order valence-corrected chi connectivity index (χ3v) is 5.95. The standard InChI is InChI=1S/C14H11Br2F3S/c1-2-9-4-6-12(20-9)13(16)10-5-3-8(15)7-11(10)14(17,18)19/h3-7,13H,2H2,1H3. The van der Waals surface area contributed by atoms with E-state index in [2.05, 4.69) is 31.9 Å². The van der Waals surface area contributed by atoms with Crippen molar-refractivity contribution in [3.8, 4) is 0 Å². The summed E-state index contributed by atoms with van der Waals surface area (Å²) >= 11 is 8.03. The lowest BCUT2D eigenvalue weighted by atomic mass is 10.0. The molecular formula is C14H11Br2F3S. The minimum absolute atomic E-state index is 0.241. The topological polar surface area (TPSA) is 0 Å². The van der Waals surface area contributed by atoms with Crippen molar-refractivity contribution < 1.29 is 13.2 Å². The van der Waals surface area contributed by atoms with Gasteiger partial charge in [-0.05, 0) is 36.2 Å². The molecule has 2 rings (SSSR count). The maximum atomic E-state index is 13.1. The zero-order chi connectivity index (χ0) is 14.9. The molecule has 20 heavy (non-hydrogen) atoms. The van der Waals surface area contributed by atoms with Gasteiger partial charge in [0.1, 0.15) is 0 Å². The van der Waals surface area contributed by atoms with Crippen LogP contribution in [-0.2, 0) is 12.6 Å². The van der Waals surface area contributed by atoms with Gasteiger partial charge in [-0.15, -0.1) is 11.3 Å². The van der Waals surface area contributed by atoms with Gasteiger partial charge in [0.2, 0.25) is 0 Å². The number of hydrogen-bond acceptors (Lipinski definition) is 1. The fourth-order valence-electron chi connectivity index (χ4n) is 1.87. The number of aryl methyl sites for hydroxylation is 1. The van der Waals surface area contributed by atoms with Crippen molar-refractivity contribution >= 4 is 43.2 Å². The molecule has 0 N–H and O–H groups in total. The first kappa shape index (κ1) is 16.0. The summed E-state index contributed by atoms with van der Waals surface area (Å²) in [7, 11) is 0. The van der Waals surface area contributed by atoms with Crippen LogP contribution in [0.3, 0.4) is 0 Å². The van der Waals surface area contributed by atoms with Crippen molar-refractivity contribution in [3.63, 3.8) is 0 Å². The molecule has 0 fully saturated rings. The maximum absolute atomic E-state index is 13.1. The smallest absolute Gasteiger partial charge is 0.166 e. The Bertz CT molecular complexity index is 605. The number of benzene rings is 1. The van der Waals surface area contributed by atoms with E-state index in [0.717, 1.165) is 22.2 Å². The van der Waals surface area contributed by atoms with Crippen LogP contribution in [0, 0.1) is 0 Å².